The van der Waals surface area contributed by atoms with Crippen LogP contribution in [0.2, 0.25) is 0 Å². The molecular formula is C48H36N2S. The highest BCUT2D eigenvalue weighted by atomic mass is 32.2. The van der Waals surface area contributed by atoms with E-state index in [9.17, 15) is 0 Å². The Morgan fingerprint density at radius 1 is 0.569 bits per heavy atom. The van der Waals surface area contributed by atoms with Gasteiger partial charge < -0.3 is 9.47 Å². The largest absolute Gasteiger partial charge is 0.336 e. The number of rotatable bonds is 4. The fourth-order valence-corrected chi connectivity index (χ4v) is 10.8. The molecule has 1 aromatic heterocycles. The second-order valence-electron chi connectivity index (χ2n) is 14.4. The molecule has 11 rings (SSSR count). The number of nitrogens with zero attached hydrogens (tertiary/aromatic N) is 2. The molecule has 0 saturated heterocycles. The number of fused-ring (bicyclic) bond motifs is 9. The van der Waals surface area contributed by atoms with Crippen LogP contribution in [0.4, 0.5) is 5.69 Å². The molecule has 51 heavy (non-hydrogen) atoms. The first-order chi connectivity index (χ1) is 25.3. The van der Waals surface area contributed by atoms with Crippen molar-refractivity contribution in [2.75, 3.05) is 4.90 Å². The molecule has 244 valence electrons. The first-order valence-electron chi connectivity index (χ1n) is 18.2. The average molecular weight is 673 g/mol. The lowest BCUT2D eigenvalue weighted by Gasteiger charge is -2.36. The molecule has 0 radical (unpaired) electrons. The van der Waals surface area contributed by atoms with E-state index in [1.807, 2.05) is 11.8 Å². The molecule has 3 heteroatoms. The van der Waals surface area contributed by atoms with Crippen molar-refractivity contribution in [3.63, 3.8) is 0 Å². The van der Waals surface area contributed by atoms with Crippen molar-refractivity contribution in [1.29, 1.82) is 0 Å². The zero-order valence-corrected chi connectivity index (χ0v) is 29.0. The van der Waals surface area contributed by atoms with E-state index in [0.29, 0.717) is 23.0 Å². The van der Waals surface area contributed by atoms with Gasteiger partial charge in [-0.1, -0.05) is 127 Å². The van der Waals surface area contributed by atoms with Crippen LogP contribution >= 0.6 is 11.8 Å². The Hall–Kier alpha value is -5.51. The SMILES string of the molecule is C1=CC(c2ccccc2)CC(n2c3ccccc3c3cc(-c4ccc5c(c4)C4C=CC=CC4N5C4=CC=CC5c6ccccc6SC45)ccc32)=C1. The van der Waals surface area contributed by atoms with Crippen LogP contribution in [0.15, 0.2) is 187 Å². The van der Waals surface area contributed by atoms with Crippen LogP contribution in [0.5, 0.6) is 0 Å². The van der Waals surface area contributed by atoms with Gasteiger partial charge in [-0.05, 0) is 82.8 Å². The summed E-state index contributed by atoms with van der Waals surface area (Å²) in [4.78, 5) is 4.06. The molecule has 5 aromatic carbocycles. The lowest BCUT2D eigenvalue weighted by Crippen LogP contribution is -2.37. The Kier molecular flexibility index (Phi) is 6.60. The van der Waals surface area contributed by atoms with Gasteiger partial charge in [0.25, 0.3) is 0 Å². The summed E-state index contributed by atoms with van der Waals surface area (Å²) in [6, 6.07) is 43.4. The van der Waals surface area contributed by atoms with E-state index in [4.69, 9.17) is 0 Å². The minimum absolute atomic E-state index is 0.279. The monoisotopic (exact) mass is 672 g/mol. The first-order valence-corrected chi connectivity index (χ1v) is 19.1. The van der Waals surface area contributed by atoms with Crippen molar-refractivity contribution in [3.8, 4) is 11.1 Å². The number of benzene rings is 5. The van der Waals surface area contributed by atoms with Gasteiger partial charge in [0.1, 0.15) is 0 Å². The minimum atomic E-state index is 0.279. The molecule has 5 unspecified atom stereocenters. The normalized spacial score (nSPS) is 24.0. The maximum Gasteiger partial charge on any atom is 0.0626 e. The molecule has 2 nitrogen and oxygen atoms in total. The molecule has 0 amide bonds. The van der Waals surface area contributed by atoms with Crippen molar-refractivity contribution >= 4 is 45.0 Å². The molecule has 5 atom stereocenters. The Balaban J connectivity index is 0.985. The molecule has 0 saturated carbocycles. The molecule has 3 heterocycles. The third-order valence-corrected chi connectivity index (χ3v) is 13.1. The molecular weight excluding hydrogens is 637 g/mol. The third-order valence-electron chi connectivity index (χ3n) is 11.6. The number of para-hydroxylation sites is 1. The zero-order chi connectivity index (χ0) is 33.5. The summed E-state index contributed by atoms with van der Waals surface area (Å²) >= 11 is 2.03. The van der Waals surface area contributed by atoms with E-state index in [-0.39, 0.29) is 6.04 Å². The highest BCUT2D eigenvalue weighted by Gasteiger charge is 2.44. The Morgan fingerprint density at radius 2 is 1.33 bits per heavy atom. The van der Waals surface area contributed by atoms with Gasteiger partial charge in [0.05, 0.1) is 22.3 Å². The quantitative estimate of drug-likeness (QED) is 0.184. The van der Waals surface area contributed by atoms with E-state index in [1.165, 1.54) is 71.6 Å². The summed E-state index contributed by atoms with van der Waals surface area (Å²) in [6.45, 7) is 0. The van der Waals surface area contributed by atoms with Crippen LogP contribution < -0.4 is 4.90 Å². The van der Waals surface area contributed by atoms with Crippen molar-refractivity contribution in [2.24, 2.45) is 0 Å². The minimum Gasteiger partial charge on any atom is -0.336 e. The molecule has 2 aliphatic heterocycles. The van der Waals surface area contributed by atoms with Gasteiger partial charge in [-0.2, -0.15) is 0 Å². The Labute approximate surface area is 303 Å². The summed E-state index contributed by atoms with van der Waals surface area (Å²) in [5.41, 5.74) is 13.4. The van der Waals surface area contributed by atoms with Crippen LogP contribution in [-0.4, -0.2) is 15.9 Å². The Morgan fingerprint density at radius 3 is 2.29 bits per heavy atom. The summed E-state index contributed by atoms with van der Waals surface area (Å²) in [5.74, 6) is 1.10. The third kappa shape index (κ3) is 4.51. The van der Waals surface area contributed by atoms with Crippen LogP contribution in [0, 0.1) is 0 Å². The zero-order valence-electron chi connectivity index (χ0n) is 28.1. The average Bonchev–Trinajstić information content (AvgIpc) is 3.86. The molecule has 6 aromatic rings. The highest BCUT2D eigenvalue weighted by Crippen LogP contribution is 2.55. The molecule has 0 N–H and O–H groups in total. The van der Waals surface area contributed by atoms with Crippen molar-refractivity contribution in [1.82, 2.24) is 4.57 Å². The van der Waals surface area contributed by atoms with E-state index >= 15 is 0 Å². The summed E-state index contributed by atoms with van der Waals surface area (Å²) in [6.07, 6.45) is 24.2. The summed E-state index contributed by atoms with van der Waals surface area (Å²) < 4.78 is 2.50. The number of allylic oxidation sites excluding steroid dienone is 9. The Bertz CT molecular complexity index is 2580. The van der Waals surface area contributed by atoms with Gasteiger partial charge in [0, 0.05) is 50.5 Å². The van der Waals surface area contributed by atoms with E-state index in [0.717, 1.165) is 6.42 Å². The number of anilines is 1. The number of hydrogen-bond acceptors (Lipinski definition) is 2. The van der Waals surface area contributed by atoms with Gasteiger partial charge in [0.2, 0.25) is 0 Å². The first kappa shape index (κ1) is 29.2. The van der Waals surface area contributed by atoms with E-state index in [1.54, 1.807) is 0 Å². The second-order valence-corrected chi connectivity index (χ2v) is 15.5. The summed E-state index contributed by atoms with van der Waals surface area (Å²) in [5, 5.41) is 2.99. The van der Waals surface area contributed by atoms with Crippen molar-refractivity contribution < 1.29 is 0 Å². The van der Waals surface area contributed by atoms with Crippen molar-refractivity contribution in [2.45, 2.75) is 40.4 Å². The lowest BCUT2D eigenvalue weighted by molar-refractivity contribution is 0.691. The van der Waals surface area contributed by atoms with Crippen LogP contribution in [0.3, 0.4) is 0 Å². The van der Waals surface area contributed by atoms with Crippen LogP contribution in [-0.2, 0) is 0 Å². The summed E-state index contributed by atoms with van der Waals surface area (Å²) in [7, 11) is 0. The van der Waals surface area contributed by atoms with Crippen LogP contribution in [0.1, 0.15) is 40.9 Å². The number of aromatic nitrogens is 1. The lowest BCUT2D eigenvalue weighted by atomic mass is 9.88. The predicted molar refractivity (Wildman–Crippen MR) is 215 cm³/mol. The van der Waals surface area contributed by atoms with Gasteiger partial charge in [-0.3, -0.25) is 0 Å². The fourth-order valence-electron chi connectivity index (χ4n) is 9.31. The molecule has 5 aliphatic rings. The smallest absolute Gasteiger partial charge is 0.0626 e. The van der Waals surface area contributed by atoms with Crippen molar-refractivity contribution in [3.05, 3.63) is 198 Å². The maximum atomic E-state index is 2.65. The highest BCUT2D eigenvalue weighted by molar-refractivity contribution is 8.00. The fraction of sp³-hybridized carbons (Fsp3) is 0.125. The molecule has 0 spiro atoms. The molecule has 0 fully saturated rings. The molecule has 0 bridgehead atoms. The van der Waals surface area contributed by atoms with Crippen LogP contribution in [0.25, 0.3) is 38.6 Å². The van der Waals surface area contributed by atoms with E-state index < -0.39 is 0 Å². The maximum absolute atomic E-state index is 2.65. The number of thioether (sulfide) groups is 1. The predicted octanol–water partition coefficient (Wildman–Crippen LogP) is 12.2. The molecule has 3 aliphatic carbocycles. The van der Waals surface area contributed by atoms with Gasteiger partial charge in [0.15, 0.2) is 0 Å². The van der Waals surface area contributed by atoms with E-state index in [2.05, 4.69) is 185 Å². The van der Waals surface area contributed by atoms with Gasteiger partial charge >= 0.3 is 0 Å². The topological polar surface area (TPSA) is 8.17 Å². The van der Waals surface area contributed by atoms with Gasteiger partial charge in [-0.25, -0.2) is 0 Å². The second kappa shape index (κ2) is 11.5. The standard InChI is InChI=1S/C48H36N2S/c1-2-12-31(13-3-1)32-14-10-15-35(28-32)49-42-20-7-4-16-36(42)40-29-33(24-26-44(40)49)34-25-27-45-41(30-34)37-17-5-8-21-43(37)50(45)46-22-11-19-39-38-18-6-9-23-47(38)51-48(39)46/h1-27,29-30,32,37,39,43,48H,28H2. The van der Waals surface area contributed by atoms with Gasteiger partial charge in [-0.15, -0.1) is 11.8 Å². The number of hydrogen-bond donors (Lipinski definition) is 0.